The van der Waals surface area contributed by atoms with E-state index in [4.69, 9.17) is 11.6 Å². The Hall–Kier alpha value is -1.93. The van der Waals surface area contributed by atoms with E-state index in [1.165, 1.54) is 30.0 Å². The number of hydrogen-bond donors (Lipinski definition) is 0. The number of carbonyl (C=O) groups excluding carboxylic acids is 1. The van der Waals surface area contributed by atoms with Gasteiger partial charge in [-0.05, 0) is 19.9 Å². The molecule has 0 aliphatic rings. The number of halogens is 1. The number of nitro groups is 1. The number of rotatable bonds is 6. The van der Waals surface area contributed by atoms with Crippen LogP contribution in [0.3, 0.4) is 0 Å². The summed E-state index contributed by atoms with van der Waals surface area (Å²) in [6.45, 7) is 4.49. The molecule has 116 valence electrons. The van der Waals surface area contributed by atoms with E-state index in [9.17, 15) is 14.9 Å². The van der Waals surface area contributed by atoms with Gasteiger partial charge in [0, 0.05) is 24.2 Å². The molecule has 2 rings (SSSR count). The van der Waals surface area contributed by atoms with Crippen LogP contribution in [0.2, 0.25) is 5.02 Å². The second-order valence-corrected chi connectivity index (χ2v) is 5.76. The number of hydrogen-bond acceptors (Lipinski definition) is 6. The molecule has 1 aromatic carbocycles. The molecule has 0 spiro atoms. The van der Waals surface area contributed by atoms with Crippen LogP contribution in [-0.2, 0) is 6.54 Å². The molecule has 0 fully saturated rings. The minimum atomic E-state index is -0.558. The van der Waals surface area contributed by atoms with Gasteiger partial charge in [0.1, 0.15) is 5.82 Å². The highest BCUT2D eigenvalue weighted by Crippen LogP contribution is 2.25. The van der Waals surface area contributed by atoms with E-state index in [-0.39, 0.29) is 27.8 Å². The highest BCUT2D eigenvalue weighted by molar-refractivity contribution is 7.99. The molecule has 9 heteroatoms. The average Bonchev–Trinajstić information content (AvgIpc) is 2.85. The molecule has 0 radical (unpaired) electrons. The predicted octanol–water partition coefficient (Wildman–Crippen LogP) is 3.14. The van der Waals surface area contributed by atoms with Crippen molar-refractivity contribution in [3.05, 3.63) is 44.7 Å². The number of aromatic nitrogens is 3. The van der Waals surface area contributed by atoms with Gasteiger partial charge in [0.2, 0.25) is 0 Å². The SMILES string of the molecule is CCn1c(C)nnc1SCC(=O)c1cc([N+](=O)[O-])ccc1Cl. The highest BCUT2D eigenvalue weighted by Gasteiger charge is 2.17. The largest absolute Gasteiger partial charge is 0.307 e. The number of thioether (sulfide) groups is 1. The van der Waals surface area contributed by atoms with Crippen LogP contribution in [0.1, 0.15) is 23.1 Å². The molecule has 0 aliphatic heterocycles. The summed E-state index contributed by atoms with van der Waals surface area (Å²) in [7, 11) is 0. The molecule has 22 heavy (non-hydrogen) atoms. The van der Waals surface area contributed by atoms with Gasteiger partial charge in [0.05, 0.1) is 15.7 Å². The van der Waals surface area contributed by atoms with Gasteiger partial charge < -0.3 is 4.57 Å². The Balaban J connectivity index is 2.15. The Labute approximate surface area is 135 Å². The predicted molar refractivity (Wildman–Crippen MR) is 83.6 cm³/mol. The number of Topliss-reactive ketones (excluding diaryl/α,β-unsaturated/α-hetero) is 1. The second-order valence-electron chi connectivity index (χ2n) is 4.41. The third-order valence-electron chi connectivity index (χ3n) is 3.01. The quantitative estimate of drug-likeness (QED) is 0.347. The summed E-state index contributed by atoms with van der Waals surface area (Å²) in [4.78, 5) is 22.5. The zero-order chi connectivity index (χ0) is 16.3. The fourth-order valence-electron chi connectivity index (χ4n) is 1.88. The maximum atomic E-state index is 12.2. The summed E-state index contributed by atoms with van der Waals surface area (Å²) in [5, 5.41) is 19.6. The van der Waals surface area contributed by atoms with Crippen molar-refractivity contribution in [3.8, 4) is 0 Å². The Morgan fingerprint density at radius 3 is 2.82 bits per heavy atom. The summed E-state index contributed by atoms with van der Waals surface area (Å²) in [5.41, 5.74) is -0.0204. The first-order valence-corrected chi connectivity index (χ1v) is 7.80. The lowest BCUT2D eigenvalue weighted by Gasteiger charge is -2.05. The minimum absolute atomic E-state index is 0.0824. The van der Waals surface area contributed by atoms with Crippen molar-refractivity contribution in [2.24, 2.45) is 0 Å². The van der Waals surface area contributed by atoms with Gasteiger partial charge >= 0.3 is 0 Å². The first-order chi connectivity index (χ1) is 10.4. The number of non-ortho nitro benzene ring substituents is 1. The molecule has 7 nitrogen and oxygen atoms in total. The van der Waals surface area contributed by atoms with Crippen LogP contribution in [0.5, 0.6) is 0 Å². The van der Waals surface area contributed by atoms with Crippen LogP contribution in [0.4, 0.5) is 5.69 Å². The van der Waals surface area contributed by atoms with Gasteiger partial charge in [-0.25, -0.2) is 0 Å². The molecule has 1 aromatic heterocycles. The molecule has 1 heterocycles. The first-order valence-electron chi connectivity index (χ1n) is 6.43. The summed E-state index contributed by atoms with van der Waals surface area (Å²) < 4.78 is 1.88. The molecule has 0 atom stereocenters. The average molecular weight is 341 g/mol. The molecule has 0 unspecified atom stereocenters. The lowest BCUT2D eigenvalue weighted by molar-refractivity contribution is -0.384. The van der Waals surface area contributed by atoms with Gasteiger partial charge in [-0.15, -0.1) is 10.2 Å². The van der Waals surface area contributed by atoms with Gasteiger partial charge in [0.25, 0.3) is 5.69 Å². The Bertz CT molecular complexity index is 732. The van der Waals surface area contributed by atoms with E-state index in [0.717, 1.165) is 5.82 Å². The summed E-state index contributed by atoms with van der Waals surface area (Å²) in [6.07, 6.45) is 0. The van der Waals surface area contributed by atoms with Gasteiger partial charge in [-0.1, -0.05) is 23.4 Å². The van der Waals surface area contributed by atoms with Crippen LogP contribution in [-0.4, -0.2) is 31.2 Å². The maximum absolute atomic E-state index is 12.2. The van der Waals surface area contributed by atoms with Crippen molar-refractivity contribution < 1.29 is 9.72 Å². The van der Waals surface area contributed by atoms with Gasteiger partial charge in [-0.3, -0.25) is 14.9 Å². The number of carbonyl (C=O) groups is 1. The third kappa shape index (κ3) is 3.45. The van der Waals surface area contributed by atoms with Gasteiger partial charge in [0.15, 0.2) is 10.9 Å². The Morgan fingerprint density at radius 1 is 1.45 bits per heavy atom. The molecular weight excluding hydrogens is 328 g/mol. The zero-order valence-corrected chi connectivity index (χ0v) is 13.5. The number of aryl methyl sites for hydroxylation is 1. The smallest absolute Gasteiger partial charge is 0.270 e. The van der Waals surface area contributed by atoms with E-state index in [1.54, 1.807) is 0 Å². The number of benzene rings is 1. The van der Waals surface area contributed by atoms with Crippen molar-refractivity contribution in [3.63, 3.8) is 0 Å². The van der Waals surface area contributed by atoms with Crippen LogP contribution in [0.15, 0.2) is 23.4 Å². The summed E-state index contributed by atoms with van der Waals surface area (Å²) in [5.74, 6) is 0.562. The molecule has 2 aromatic rings. The maximum Gasteiger partial charge on any atom is 0.270 e. The number of ketones is 1. The van der Waals surface area contributed by atoms with E-state index in [0.29, 0.717) is 11.7 Å². The first kappa shape index (κ1) is 16.4. The molecule has 0 bridgehead atoms. The van der Waals surface area contributed by atoms with E-state index in [1.807, 2.05) is 18.4 Å². The lowest BCUT2D eigenvalue weighted by atomic mass is 10.1. The van der Waals surface area contributed by atoms with E-state index >= 15 is 0 Å². The lowest BCUT2D eigenvalue weighted by Crippen LogP contribution is -2.06. The third-order valence-corrected chi connectivity index (χ3v) is 4.31. The highest BCUT2D eigenvalue weighted by atomic mass is 35.5. The molecule has 0 saturated heterocycles. The van der Waals surface area contributed by atoms with E-state index in [2.05, 4.69) is 10.2 Å². The standard InChI is InChI=1S/C13H13ClN4O3S/c1-3-17-8(2)15-16-13(17)22-7-12(19)10-6-9(18(20)21)4-5-11(10)14/h4-6H,3,7H2,1-2H3. The van der Waals surface area contributed by atoms with Crippen molar-refractivity contribution in [2.75, 3.05) is 5.75 Å². The second kappa shape index (κ2) is 6.89. The Morgan fingerprint density at radius 2 is 2.18 bits per heavy atom. The van der Waals surface area contributed by atoms with Crippen molar-refractivity contribution >= 4 is 34.8 Å². The molecule has 0 N–H and O–H groups in total. The molecular formula is C13H13ClN4O3S. The number of nitro benzene ring substituents is 1. The summed E-state index contributed by atoms with van der Waals surface area (Å²) >= 11 is 7.18. The minimum Gasteiger partial charge on any atom is -0.307 e. The van der Waals surface area contributed by atoms with Gasteiger partial charge in [-0.2, -0.15) is 0 Å². The normalized spacial score (nSPS) is 10.7. The topological polar surface area (TPSA) is 90.9 Å². The van der Waals surface area contributed by atoms with E-state index < -0.39 is 4.92 Å². The Kier molecular flexibility index (Phi) is 5.15. The van der Waals surface area contributed by atoms with Crippen molar-refractivity contribution in [1.82, 2.24) is 14.8 Å². The zero-order valence-electron chi connectivity index (χ0n) is 11.9. The summed E-state index contributed by atoms with van der Waals surface area (Å²) in [6, 6.07) is 3.82. The molecule has 0 saturated carbocycles. The van der Waals surface area contributed by atoms with Crippen LogP contribution in [0.25, 0.3) is 0 Å². The monoisotopic (exact) mass is 340 g/mol. The number of nitrogens with zero attached hydrogens (tertiary/aromatic N) is 4. The van der Waals surface area contributed by atoms with Crippen molar-refractivity contribution in [1.29, 1.82) is 0 Å². The molecule has 0 amide bonds. The fraction of sp³-hybridized carbons (Fsp3) is 0.308. The fourth-order valence-corrected chi connectivity index (χ4v) is 3.03. The van der Waals surface area contributed by atoms with Crippen LogP contribution >= 0.6 is 23.4 Å². The van der Waals surface area contributed by atoms with Crippen LogP contribution in [0, 0.1) is 17.0 Å². The van der Waals surface area contributed by atoms with Crippen LogP contribution < -0.4 is 0 Å². The van der Waals surface area contributed by atoms with Crippen molar-refractivity contribution in [2.45, 2.75) is 25.5 Å². The molecule has 0 aliphatic carbocycles.